The topological polar surface area (TPSA) is 61.7 Å². The van der Waals surface area contributed by atoms with Crippen molar-refractivity contribution in [3.05, 3.63) is 224 Å². The number of hydrogen-bond donors (Lipinski definition) is 0. The third kappa shape index (κ3) is 5.50. The maximum atomic E-state index is 6.23. The fourth-order valence-electron chi connectivity index (χ4n) is 11.8. The molecule has 4 aromatic heterocycles. The van der Waals surface area contributed by atoms with Crippen LogP contribution >= 0.6 is 0 Å². The number of fused-ring (bicyclic) bond motifs is 15. The zero-order chi connectivity index (χ0) is 46.3. The highest BCUT2D eigenvalue weighted by Gasteiger charge is 2.26. The van der Waals surface area contributed by atoms with E-state index >= 15 is 0 Å². The van der Waals surface area contributed by atoms with E-state index in [4.69, 9.17) is 19.4 Å². The Bertz CT molecular complexity index is 4750. The summed E-state index contributed by atoms with van der Waals surface area (Å²) in [5, 5.41) is 11.8. The van der Waals surface area contributed by atoms with Crippen molar-refractivity contribution in [3.8, 4) is 67.8 Å². The monoisotopic (exact) mass is 903 g/mol. The van der Waals surface area contributed by atoms with E-state index in [-0.39, 0.29) is 0 Å². The molecule has 0 saturated carbocycles. The van der Waals surface area contributed by atoms with E-state index in [9.17, 15) is 0 Å². The van der Waals surface area contributed by atoms with Crippen LogP contribution in [0, 0.1) is 0 Å². The van der Waals surface area contributed by atoms with Gasteiger partial charge >= 0.3 is 0 Å². The lowest BCUT2D eigenvalue weighted by molar-refractivity contribution is 0.669. The van der Waals surface area contributed by atoms with Crippen molar-refractivity contribution in [2.75, 3.05) is 0 Å². The van der Waals surface area contributed by atoms with Crippen molar-refractivity contribution in [3.63, 3.8) is 0 Å². The van der Waals surface area contributed by atoms with Gasteiger partial charge in [-0.25, -0.2) is 4.98 Å². The summed E-state index contributed by atoms with van der Waals surface area (Å²) in [6.07, 6.45) is 0. The van der Waals surface area contributed by atoms with Crippen LogP contribution in [-0.2, 0) is 0 Å². The van der Waals surface area contributed by atoms with E-state index in [1.54, 1.807) is 0 Å². The van der Waals surface area contributed by atoms with Crippen LogP contribution in [0.2, 0.25) is 0 Å². The Morgan fingerprint density at radius 3 is 1.68 bits per heavy atom. The first-order chi connectivity index (χ1) is 35.2. The molecule has 0 spiro atoms. The zero-order valence-electron chi connectivity index (χ0n) is 38.0. The second-order valence-corrected chi connectivity index (χ2v) is 18.7. The molecule has 6 heteroatoms. The lowest BCUT2D eigenvalue weighted by atomic mass is 9.96. The van der Waals surface area contributed by atoms with Crippen molar-refractivity contribution in [1.29, 1.82) is 0 Å². The van der Waals surface area contributed by atoms with E-state index in [0.29, 0.717) is 17.6 Å². The Kier molecular flexibility index (Phi) is 7.79. The van der Waals surface area contributed by atoms with Gasteiger partial charge in [-0.1, -0.05) is 152 Å². The Morgan fingerprint density at radius 2 is 0.873 bits per heavy atom. The SMILES string of the molecule is c1ccc(-c2nc(-c3ccc4oc5ccccc5c4c3)nc(-n3c4ccc(-c5ccc6c(c5)c5c7cccc8c7c(cc5n6-c5ccccc5)-c5ccccc5-8)cc4c4c5ccccc5ccc43)n2)cc1. The minimum Gasteiger partial charge on any atom is -0.456 e. The maximum Gasteiger partial charge on any atom is 0.238 e. The van der Waals surface area contributed by atoms with Crippen LogP contribution in [0.5, 0.6) is 0 Å². The van der Waals surface area contributed by atoms with Gasteiger partial charge < -0.3 is 8.98 Å². The van der Waals surface area contributed by atoms with Gasteiger partial charge in [0.2, 0.25) is 5.95 Å². The largest absolute Gasteiger partial charge is 0.456 e. The highest BCUT2D eigenvalue weighted by molar-refractivity contribution is 6.30. The van der Waals surface area contributed by atoms with Gasteiger partial charge in [0, 0.05) is 49.1 Å². The summed E-state index contributed by atoms with van der Waals surface area (Å²) < 4.78 is 10.9. The fraction of sp³-hybridized carbons (Fsp3) is 0. The molecule has 0 radical (unpaired) electrons. The quantitative estimate of drug-likeness (QED) is 0.173. The number of rotatable bonds is 5. The highest BCUT2D eigenvalue weighted by atomic mass is 16.3. The van der Waals surface area contributed by atoms with Gasteiger partial charge in [-0.3, -0.25) is 4.57 Å². The number of para-hydroxylation sites is 2. The first-order valence-electron chi connectivity index (χ1n) is 24.1. The van der Waals surface area contributed by atoms with Gasteiger partial charge in [-0.05, 0) is 128 Å². The van der Waals surface area contributed by atoms with E-state index < -0.39 is 0 Å². The summed E-state index contributed by atoms with van der Waals surface area (Å²) in [6.45, 7) is 0. The molecule has 6 nitrogen and oxygen atoms in total. The van der Waals surface area contributed by atoms with Gasteiger partial charge in [0.15, 0.2) is 11.6 Å². The molecule has 0 N–H and O–H groups in total. The van der Waals surface area contributed by atoms with Gasteiger partial charge in [-0.2, -0.15) is 9.97 Å². The molecule has 0 bridgehead atoms. The fourth-order valence-corrected chi connectivity index (χ4v) is 11.8. The third-order valence-corrected chi connectivity index (χ3v) is 14.9. The van der Waals surface area contributed by atoms with Crippen LogP contribution in [0.25, 0.3) is 155 Å². The molecule has 0 atom stereocenters. The van der Waals surface area contributed by atoms with Gasteiger partial charge in [0.1, 0.15) is 11.2 Å². The van der Waals surface area contributed by atoms with Crippen molar-refractivity contribution in [1.82, 2.24) is 24.1 Å². The normalized spacial score (nSPS) is 12.2. The number of nitrogens with zero attached hydrogens (tertiary/aromatic N) is 5. The Labute approximate surface area is 406 Å². The standard InChI is InChI=1S/C65H37N5O/c1-3-15-39(16-4-1)63-66-64(42-29-33-59-50(36-42)47-22-11-12-25-58(47)71-59)68-65(67-63)70-55-31-28-41(35-53(55)61-44-19-8-7-14-38(44)26-32-56(61)70)40-27-30-54-52(34-40)62-49-24-13-23-48-45-20-9-10-21-46(45)51(60(48)49)37-57(62)69(54)43-17-5-2-6-18-43/h1-37H. The average molecular weight is 904 g/mol. The summed E-state index contributed by atoms with van der Waals surface area (Å²) in [6, 6.07) is 80.4. The number of benzene rings is 11. The van der Waals surface area contributed by atoms with Crippen LogP contribution in [0.1, 0.15) is 0 Å². The van der Waals surface area contributed by atoms with Crippen LogP contribution in [0.4, 0.5) is 0 Å². The zero-order valence-corrected chi connectivity index (χ0v) is 38.0. The number of furan rings is 1. The van der Waals surface area contributed by atoms with Crippen molar-refractivity contribution in [2.24, 2.45) is 0 Å². The molecule has 1 aliphatic carbocycles. The first-order valence-corrected chi connectivity index (χ1v) is 24.1. The summed E-state index contributed by atoms with van der Waals surface area (Å²) in [5.41, 5.74) is 16.5. The third-order valence-electron chi connectivity index (χ3n) is 14.9. The number of aromatic nitrogens is 5. The van der Waals surface area contributed by atoms with E-state index in [2.05, 4.69) is 185 Å². The molecule has 0 saturated heterocycles. The lowest BCUT2D eigenvalue weighted by Crippen LogP contribution is -2.06. The van der Waals surface area contributed by atoms with Gasteiger partial charge in [0.05, 0.1) is 22.1 Å². The predicted octanol–water partition coefficient (Wildman–Crippen LogP) is 16.9. The van der Waals surface area contributed by atoms with Gasteiger partial charge in [0.25, 0.3) is 0 Å². The molecule has 71 heavy (non-hydrogen) atoms. The second kappa shape index (κ2) is 14.4. The summed E-state index contributed by atoms with van der Waals surface area (Å²) >= 11 is 0. The molecule has 328 valence electrons. The molecular weight excluding hydrogens is 867 g/mol. The summed E-state index contributed by atoms with van der Waals surface area (Å²) in [5.74, 6) is 1.74. The highest BCUT2D eigenvalue weighted by Crippen LogP contribution is 2.51. The lowest BCUT2D eigenvalue weighted by Gasteiger charge is -2.11. The van der Waals surface area contributed by atoms with E-state index in [1.807, 2.05) is 48.5 Å². The summed E-state index contributed by atoms with van der Waals surface area (Å²) in [4.78, 5) is 15.8. The van der Waals surface area contributed by atoms with Crippen LogP contribution in [-0.4, -0.2) is 24.1 Å². The van der Waals surface area contributed by atoms with Crippen LogP contribution in [0.3, 0.4) is 0 Å². The molecule has 4 heterocycles. The molecule has 1 aliphatic rings. The molecule has 0 unspecified atom stereocenters. The average Bonchev–Trinajstić information content (AvgIpc) is 4.18. The van der Waals surface area contributed by atoms with E-state index in [1.165, 1.54) is 65.6 Å². The molecule has 16 rings (SSSR count). The Hall–Kier alpha value is -9.65. The molecule has 0 fully saturated rings. The van der Waals surface area contributed by atoms with Crippen LogP contribution in [0.15, 0.2) is 229 Å². The van der Waals surface area contributed by atoms with Crippen molar-refractivity contribution >= 4 is 87.1 Å². The predicted molar refractivity (Wildman–Crippen MR) is 292 cm³/mol. The molecular formula is C65H37N5O. The molecule has 15 aromatic rings. The second-order valence-electron chi connectivity index (χ2n) is 18.7. The molecule has 0 aliphatic heterocycles. The minimum absolute atomic E-state index is 0.550. The number of hydrogen-bond acceptors (Lipinski definition) is 4. The van der Waals surface area contributed by atoms with E-state index in [0.717, 1.165) is 71.7 Å². The Balaban J connectivity index is 0.938. The summed E-state index contributed by atoms with van der Waals surface area (Å²) in [7, 11) is 0. The van der Waals surface area contributed by atoms with Crippen LogP contribution < -0.4 is 0 Å². The first kappa shape index (κ1) is 38.3. The maximum absolute atomic E-state index is 6.23. The minimum atomic E-state index is 0.550. The Morgan fingerprint density at radius 1 is 0.296 bits per heavy atom. The molecule has 0 amide bonds. The van der Waals surface area contributed by atoms with Gasteiger partial charge in [-0.15, -0.1) is 0 Å². The van der Waals surface area contributed by atoms with Crippen molar-refractivity contribution < 1.29 is 4.42 Å². The van der Waals surface area contributed by atoms with Crippen molar-refractivity contribution in [2.45, 2.75) is 0 Å². The smallest absolute Gasteiger partial charge is 0.238 e. The molecule has 11 aromatic carbocycles.